The first-order valence-electron chi connectivity index (χ1n) is 6.19. The molecular weight excluding hydrogens is 240 g/mol. The van der Waals surface area contributed by atoms with E-state index in [1.807, 2.05) is 26.2 Å². The van der Waals surface area contributed by atoms with E-state index >= 15 is 0 Å². The highest BCUT2D eigenvalue weighted by Gasteiger charge is 2.08. The lowest BCUT2D eigenvalue weighted by Crippen LogP contribution is -2.26. The Kier molecular flexibility index (Phi) is 3.85. The van der Waals surface area contributed by atoms with Gasteiger partial charge < -0.3 is 11.1 Å². The molecule has 1 amide bonds. The Labute approximate surface area is 112 Å². The molecule has 0 atom stereocenters. The second-order valence-electron chi connectivity index (χ2n) is 4.56. The van der Waals surface area contributed by atoms with Crippen molar-refractivity contribution in [2.75, 3.05) is 12.3 Å². The van der Waals surface area contributed by atoms with Crippen LogP contribution in [0.25, 0.3) is 0 Å². The summed E-state index contributed by atoms with van der Waals surface area (Å²) >= 11 is 0. The van der Waals surface area contributed by atoms with Gasteiger partial charge in [0.15, 0.2) is 0 Å². The topological polar surface area (TPSA) is 72.9 Å². The summed E-state index contributed by atoms with van der Waals surface area (Å²) in [6, 6.07) is 7.23. The number of hydrogen-bond acceptors (Lipinski definition) is 3. The summed E-state index contributed by atoms with van der Waals surface area (Å²) in [7, 11) is 1.87. The van der Waals surface area contributed by atoms with Crippen LogP contribution in [0.2, 0.25) is 0 Å². The van der Waals surface area contributed by atoms with Crippen LogP contribution in [-0.2, 0) is 13.5 Å². The Balaban J connectivity index is 1.90. The maximum absolute atomic E-state index is 12.0. The molecule has 5 nitrogen and oxygen atoms in total. The van der Waals surface area contributed by atoms with Crippen LogP contribution in [0.1, 0.15) is 21.6 Å². The number of aryl methyl sites for hydroxylation is 2. The predicted molar refractivity (Wildman–Crippen MR) is 74.8 cm³/mol. The van der Waals surface area contributed by atoms with Gasteiger partial charge in [0.05, 0.1) is 5.69 Å². The molecule has 1 heterocycles. The Morgan fingerprint density at radius 3 is 2.84 bits per heavy atom. The summed E-state index contributed by atoms with van der Waals surface area (Å²) in [5.41, 5.74) is 8.85. The molecule has 0 aliphatic heterocycles. The first kappa shape index (κ1) is 13.1. The SMILES string of the molecule is Cc1cc(N)ccc1C(=O)NCCc1ccn(C)n1. The number of benzene rings is 1. The van der Waals surface area contributed by atoms with Gasteiger partial charge in [-0.05, 0) is 36.8 Å². The van der Waals surface area contributed by atoms with Crippen molar-refractivity contribution in [3.8, 4) is 0 Å². The molecule has 100 valence electrons. The monoisotopic (exact) mass is 258 g/mol. The molecule has 3 N–H and O–H groups in total. The molecular formula is C14H18N4O. The number of rotatable bonds is 4. The van der Waals surface area contributed by atoms with Crippen molar-refractivity contribution >= 4 is 11.6 Å². The number of nitrogen functional groups attached to an aromatic ring is 1. The molecule has 0 aliphatic carbocycles. The first-order valence-corrected chi connectivity index (χ1v) is 6.19. The highest BCUT2D eigenvalue weighted by Crippen LogP contribution is 2.12. The maximum atomic E-state index is 12.0. The van der Waals surface area contributed by atoms with Crippen molar-refractivity contribution in [3.05, 3.63) is 47.3 Å². The fourth-order valence-electron chi connectivity index (χ4n) is 1.94. The summed E-state index contributed by atoms with van der Waals surface area (Å²) in [6.07, 6.45) is 2.61. The van der Waals surface area contributed by atoms with Crippen LogP contribution in [0.3, 0.4) is 0 Å². The number of carbonyl (C=O) groups excluding carboxylic acids is 1. The minimum atomic E-state index is -0.0755. The number of carbonyl (C=O) groups is 1. The summed E-state index contributed by atoms with van der Waals surface area (Å²) in [5.74, 6) is -0.0755. The van der Waals surface area contributed by atoms with Crippen LogP contribution >= 0.6 is 0 Å². The highest BCUT2D eigenvalue weighted by molar-refractivity contribution is 5.95. The van der Waals surface area contributed by atoms with Crippen molar-refractivity contribution in [1.82, 2.24) is 15.1 Å². The van der Waals surface area contributed by atoms with E-state index in [2.05, 4.69) is 10.4 Å². The van der Waals surface area contributed by atoms with Crippen molar-refractivity contribution in [1.29, 1.82) is 0 Å². The summed E-state index contributed by atoms with van der Waals surface area (Å²) in [5, 5.41) is 7.15. The van der Waals surface area contributed by atoms with Crippen LogP contribution in [0, 0.1) is 6.92 Å². The molecule has 1 aromatic carbocycles. The van der Waals surface area contributed by atoms with Crippen LogP contribution in [0.5, 0.6) is 0 Å². The van der Waals surface area contributed by atoms with Gasteiger partial charge in [-0.2, -0.15) is 5.10 Å². The second-order valence-corrected chi connectivity index (χ2v) is 4.56. The Morgan fingerprint density at radius 1 is 1.42 bits per heavy atom. The molecule has 1 aromatic heterocycles. The number of anilines is 1. The first-order chi connectivity index (χ1) is 9.06. The van der Waals surface area contributed by atoms with Gasteiger partial charge in [-0.1, -0.05) is 0 Å². The van der Waals surface area contributed by atoms with E-state index in [0.29, 0.717) is 17.8 Å². The average molecular weight is 258 g/mol. The van der Waals surface area contributed by atoms with Gasteiger partial charge in [0.25, 0.3) is 5.91 Å². The van der Waals surface area contributed by atoms with Crippen LogP contribution in [0.4, 0.5) is 5.69 Å². The Morgan fingerprint density at radius 2 is 2.21 bits per heavy atom. The predicted octanol–water partition coefficient (Wildman–Crippen LogP) is 1.28. The molecule has 19 heavy (non-hydrogen) atoms. The molecule has 0 unspecified atom stereocenters. The van der Waals surface area contributed by atoms with E-state index in [0.717, 1.165) is 17.7 Å². The van der Waals surface area contributed by atoms with Crippen LogP contribution < -0.4 is 11.1 Å². The van der Waals surface area contributed by atoms with Gasteiger partial charge in [-0.3, -0.25) is 9.48 Å². The molecule has 0 fully saturated rings. The number of nitrogens with two attached hydrogens (primary N) is 1. The van der Waals surface area contributed by atoms with Gasteiger partial charge in [0, 0.05) is 37.5 Å². The number of aromatic nitrogens is 2. The standard InChI is InChI=1S/C14H18N4O/c1-10-9-11(15)3-4-13(10)14(19)16-7-5-12-6-8-18(2)17-12/h3-4,6,8-9H,5,7,15H2,1-2H3,(H,16,19). The number of nitrogens with zero attached hydrogens (tertiary/aromatic N) is 2. The Bertz CT molecular complexity index is 589. The third-order valence-electron chi connectivity index (χ3n) is 2.93. The van der Waals surface area contributed by atoms with Crippen molar-refractivity contribution in [2.45, 2.75) is 13.3 Å². The van der Waals surface area contributed by atoms with Gasteiger partial charge in [0.1, 0.15) is 0 Å². The molecule has 0 spiro atoms. The van der Waals surface area contributed by atoms with Crippen molar-refractivity contribution in [2.24, 2.45) is 7.05 Å². The maximum Gasteiger partial charge on any atom is 0.251 e. The van der Waals surface area contributed by atoms with E-state index in [1.54, 1.807) is 22.9 Å². The summed E-state index contributed by atoms with van der Waals surface area (Å²) in [4.78, 5) is 12.0. The highest BCUT2D eigenvalue weighted by atomic mass is 16.1. The third kappa shape index (κ3) is 3.34. The molecule has 5 heteroatoms. The molecule has 0 radical (unpaired) electrons. The zero-order valence-electron chi connectivity index (χ0n) is 11.2. The smallest absolute Gasteiger partial charge is 0.251 e. The molecule has 2 rings (SSSR count). The van der Waals surface area contributed by atoms with Gasteiger partial charge in [0.2, 0.25) is 0 Å². The molecule has 2 aromatic rings. The van der Waals surface area contributed by atoms with E-state index in [1.165, 1.54) is 0 Å². The average Bonchev–Trinajstić information content (AvgIpc) is 2.75. The lowest BCUT2D eigenvalue weighted by atomic mass is 10.1. The van der Waals surface area contributed by atoms with Gasteiger partial charge >= 0.3 is 0 Å². The summed E-state index contributed by atoms with van der Waals surface area (Å²) in [6.45, 7) is 2.45. The minimum Gasteiger partial charge on any atom is -0.399 e. The third-order valence-corrected chi connectivity index (χ3v) is 2.93. The quantitative estimate of drug-likeness (QED) is 0.811. The largest absolute Gasteiger partial charge is 0.399 e. The zero-order valence-corrected chi connectivity index (χ0v) is 11.2. The fraction of sp³-hybridized carbons (Fsp3) is 0.286. The Hall–Kier alpha value is -2.30. The molecule has 0 aliphatic rings. The van der Waals surface area contributed by atoms with Gasteiger partial charge in [-0.15, -0.1) is 0 Å². The van der Waals surface area contributed by atoms with E-state index < -0.39 is 0 Å². The molecule has 0 saturated carbocycles. The minimum absolute atomic E-state index is 0.0755. The number of amides is 1. The molecule has 0 saturated heterocycles. The van der Waals surface area contributed by atoms with E-state index in [4.69, 9.17) is 5.73 Å². The van der Waals surface area contributed by atoms with Gasteiger partial charge in [-0.25, -0.2) is 0 Å². The lowest BCUT2D eigenvalue weighted by Gasteiger charge is -2.07. The number of hydrogen-bond donors (Lipinski definition) is 2. The van der Waals surface area contributed by atoms with E-state index in [9.17, 15) is 4.79 Å². The number of nitrogens with one attached hydrogen (secondary N) is 1. The fourth-order valence-corrected chi connectivity index (χ4v) is 1.94. The van der Waals surface area contributed by atoms with Crippen LogP contribution in [0.15, 0.2) is 30.5 Å². The summed E-state index contributed by atoms with van der Waals surface area (Å²) < 4.78 is 1.75. The van der Waals surface area contributed by atoms with E-state index in [-0.39, 0.29) is 5.91 Å². The zero-order chi connectivity index (χ0) is 13.8. The van der Waals surface area contributed by atoms with Crippen molar-refractivity contribution < 1.29 is 4.79 Å². The van der Waals surface area contributed by atoms with Crippen LogP contribution in [-0.4, -0.2) is 22.2 Å². The second kappa shape index (κ2) is 5.56. The normalized spacial score (nSPS) is 10.4. The molecule has 0 bridgehead atoms. The van der Waals surface area contributed by atoms with Crippen molar-refractivity contribution in [3.63, 3.8) is 0 Å². The lowest BCUT2D eigenvalue weighted by molar-refractivity contribution is 0.0953.